The Balaban J connectivity index is 1.72. The van der Waals surface area contributed by atoms with E-state index < -0.39 is 5.97 Å². The first kappa shape index (κ1) is 13.6. The summed E-state index contributed by atoms with van der Waals surface area (Å²) in [6, 6.07) is 1.42. The molecule has 1 fully saturated rings. The first-order chi connectivity index (χ1) is 9.06. The molecule has 1 aliphatic rings. The molecule has 2 N–H and O–H groups in total. The van der Waals surface area contributed by atoms with Gasteiger partial charge in [0.15, 0.2) is 0 Å². The van der Waals surface area contributed by atoms with Gasteiger partial charge in [-0.15, -0.1) is 0 Å². The number of hydrogen-bond acceptors (Lipinski definition) is 4. The van der Waals surface area contributed by atoms with E-state index in [2.05, 4.69) is 5.32 Å². The average molecular weight is 267 g/mol. The SMILES string of the molecule is Cc1oc(CNC(=O)COCC2CC2)cc1C(=O)O. The first-order valence-corrected chi connectivity index (χ1v) is 6.23. The van der Waals surface area contributed by atoms with Gasteiger partial charge in [-0.3, -0.25) is 4.79 Å². The Morgan fingerprint density at radius 3 is 2.84 bits per heavy atom. The summed E-state index contributed by atoms with van der Waals surface area (Å²) in [6.07, 6.45) is 2.37. The van der Waals surface area contributed by atoms with Crippen molar-refractivity contribution in [2.75, 3.05) is 13.2 Å². The van der Waals surface area contributed by atoms with Crippen molar-refractivity contribution in [3.63, 3.8) is 0 Å². The van der Waals surface area contributed by atoms with Crippen molar-refractivity contribution >= 4 is 11.9 Å². The van der Waals surface area contributed by atoms with Crippen LogP contribution >= 0.6 is 0 Å². The molecule has 0 atom stereocenters. The highest BCUT2D eigenvalue weighted by molar-refractivity contribution is 5.88. The van der Waals surface area contributed by atoms with Crippen LogP contribution in [-0.4, -0.2) is 30.2 Å². The van der Waals surface area contributed by atoms with Crippen molar-refractivity contribution in [2.24, 2.45) is 5.92 Å². The molecule has 1 amide bonds. The standard InChI is InChI=1S/C13H17NO5/c1-8-11(13(16)17)4-10(19-8)5-14-12(15)7-18-6-9-2-3-9/h4,9H,2-3,5-7H2,1H3,(H,14,15)(H,16,17). The number of carbonyl (C=O) groups excluding carboxylic acids is 1. The number of hydrogen-bond donors (Lipinski definition) is 2. The van der Waals surface area contributed by atoms with E-state index in [1.807, 2.05) is 0 Å². The minimum atomic E-state index is -1.04. The Morgan fingerprint density at radius 2 is 2.26 bits per heavy atom. The molecule has 0 unspecified atom stereocenters. The van der Waals surface area contributed by atoms with E-state index in [1.165, 1.54) is 18.9 Å². The first-order valence-electron chi connectivity index (χ1n) is 6.23. The monoisotopic (exact) mass is 267 g/mol. The third kappa shape index (κ3) is 4.10. The molecule has 0 aromatic carbocycles. The van der Waals surface area contributed by atoms with E-state index in [0.717, 1.165) is 0 Å². The molecule has 1 aromatic rings. The second kappa shape index (κ2) is 5.88. The number of ether oxygens (including phenoxy) is 1. The molecule has 1 aliphatic carbocycles. The number of carbonyl (C=O) groups is 2. The van der Waals surface area contributed by atoms with Crippen LogP contribution in [0.15, 0.2) is 10.5 Å². The summed E-state index contributed by atoms with van der Waals surface area (Å²) in [4.78, 5) is 22.3. The molecule has 0 spiro atoms. The van der Waals surface area contributed by atoms with Crippen LogP contribution in [0, 0.1) is 12.8 Å². The van der Waals surface area contributed by atoms with Gasteiger partial charge < -0.3 is 19.6 Å². The molecule has 0 radical (unpaired) electrons. The van der Waals surface area contributed by atoms with E-state index in [9.17, 15) is 9.59 Å². The number of rotatable bonds is 7. The number of carboxylic acid groups (broad SMARTS) is 1. The van der Waals surface area contributed by atoms with Gasteiger partial charge in [-0.25, -0.2) is 4.79 Å². The number of aryl methyl sites for hydroxylation is 1. The summed E-state index contributed by atoms with van der Waals surface area (Å²) >= 11 is 0. The summed E-state index contributed by atoms with van der Waals surface area (Å²) in [5, 5.41) is 11.5. The van der Waals surface area contributed by atoms with Crippen LogP contribution in [0.25, 0.3) is 0 Å². The molecule has 1 aromatic heterocycles. The predicted octanol–water partition coefficient (Wildman–Crippen LogP) is 1.33. The average Bonchev–Trinajstić information content (AvgIpc) is 3.08. The molecular formula is C13H17NO5. The number of amides is 1. The Hall–Kier alpha value is -1.82. The molecule has 6 nitrogen and oxygen atoms in total. The number of nitrogens with one attached hydrogen (secondary N) is 1. The zero-order chi connectivity index (χ0) is 13.8. The van der Waals surface area contributed by atoms with Crippen molar-refractivity contribution in [3.8, 4) is 0 Å². The zero-order valence-electron chi connectivity index (χ0n) is 10.8. The Labute approximate surface area is 110 Å². The highest BCUT2D eigenvalue weighted by Gasteiger charge is 2.21. The molecule has 2 rings (SSSR count). The van der Waals surface area contributed by atoms with Gasteiger partial charge in [-0.1, -0.05) is 0 Å². The lowest BCUT2D eigenvalue weighted by molar-refractivity contribution is -0.126. The van der Waals surface area contributed by atoms with Crippen LogP contribution in [0.4, 0.5) is 0 Å². The van der Waals surface area contributed by atoms with Crippen molar-refractivity contribution < 1.29 is 23.8 Å². The molecule has 19 heavy (non-hydrogen) atoms. The summed E-state index contributed by atoms with van der Waals surface area (Å²) < 4.78 is 10.5. The van der Waals surface area contributed by atoms with Crippen LogP contribution in [0.5, 0.6) is 0 Å². The smallest absolute Gasteiger partial charge is 0.339 e. The highest BCUT2D eigenvalue weighted by atomic mass is 16.5. The van der Waals surface area contributed by atoms with Gasteiger partial charge >= 0.3 is 5.97 Å². The minimum absolute atomic E-state index is 0.0297. The third-order valence-corrected chi connectivity index (χ3v) is 2.94. The van der Waals surface area contributed by atoms with E-state index >= 15 is 0 Å². The fourth-order valence-electron chi connectivity index (χ4n) is 1.68. The van der Waals surface area contributed by atoms with Crippen LogP contribution in [0.1, 0.15) is 34.7 Å². The maximum absolute atomic E-state index is 11.4. The zero-order valence-corrected chi connectivity index (χ0v) is 10.8. The van der Waals surface area contributed by atoms with Gasteiger partial charge in [-0.05, 0) is 31.7 Å². The fraction of sp³-hybridized carbons (Fsp3) is 0.538. The predicted molar refractivity (Wildman–Crippen MR) is 65.8 cm³/mol. The van der Waals surface area contributed by atoms with Gasteiger partial charge in [0.2, 0.25) is 5.91 Å². The normalized spacial score (nSPS) is 14.4. The van der Waals surface area contributed by atoms with Crippen molar-refractivity contribution in [1.82, 2.24) is 5.32 Å². The summed E-state index contributed by atoms with van der Waals surface area (Å²) in [5.74, 6) is 0.115. The third-order valence-electron chi connectivity index (χ3n) is 2.94. The van der Waals surface area contributed by atoms with E-state index in [-0.39, 0.29) is 24.6 Å². The van der Waals surface area contributed by atoms with Gasteiger partial charge in [-0.2, -0.15) is 0 Å². The van der Waals surface area contributed by atoms with Crippen molar-refractivity contribution in [3.05, 3.63) is 23.2 Å². The Morgan fingerprint density at radius 1 is 1.53 bits per heavy atom. The van der Waals surface area contributed by atoms with Crippen molar-refractivity contribution in [1.29, 1.82) is 0 Å². The number of carboxylic acids is 1. The van der Waals surface area contributed by atoms with Crippen LogP contribution in [-0.2, 0) is 16.1 Å². The highest BCUT2D eigenvalue weighted by Crippen LogP contribution is 2.28. The molecule has 0 bridgehead atoms. The van der Waals surface area contributed by atoms with Crippen molar-refractivity contribution in [2.45, 2.75) is 26.3 Å². The van der Waals surface area contributed by atoms with E-state index in [0.29, 0.717) is 24.0 Å². The van der Waals surface area contributed by atoms with Gasteiger partial charge in [0.25, 0.3) is 0 Å². The molecular weight excluding hydrogens is 250 g/mol. The minimum Gasteiger partial charge on any atom is -0.478 e. The molecule has 0 saturated heterocycles. The van der Waals surface area contributed by atoms with Gasteiger partial charge in [0, 0.05) is 0 Å². The number of furan rings is 1. The summed E-state index contributed by atoms with van der Waals surface area (Å²) in [5.41, 5.74) is 0.120. The number of aromatic carboxylic acids is 1. The lowest BCUT2D eigenvalue weighted by Gasteiger charge is -2.04. The van der Waals surface area contributed by atoms with Gasteiger partial charge in [0.05, 0.1) is 13.2 Å². The molecule has 1 saturated carbocycles. The molecule has 1 heterocycles. The van der Waals surface area contributed by atoms with Crippen LogP contribution < -0.4 is 5.32 Å². The maximum atomic E-state index is 11.4. The molecule has 104 valence electrons. The quantitative estimate of drug-likeness (QED) is 0.778. The van der Waals surface area contributed by atoms with Crippen LogP contribution in [0.3, 0.4) is 0 Å². The topological polar surface area (TPSA) is 88.8 Å². The lowest BCUT2D eigenvalue weighted by Crippen LogP contribution is -2.27. The van der Waals surface area contributed by atoms with Gasteiger partial charge in [0.1, 0.15) is 23.7 Å². The summed E-state index contributed by atoms with van der Waals surface area (Å²) in [7, 11) is 0. The lowest BCUT2D eigenvalue weighted by atomic mass is 10.2. The maximum Gasteiger partial charge on any atom is 0.339 e. The molecule has 0 aliphatic heterocycles. The van der Waals surface area contributed by atoms with E-state index in [4.69, 9.17) is 14.3 Å². The molecule has 6 heteroatoms. The second-order valence-electron chi connectivity index (χ2n) is 4.72. The van der Waals surface area contributed by atoms with E-state index in [1.54, 1.807) is 6.92 Å². The fourth-order valence-corrected chi connectivity index (χ4v) is 1.68. The Bertz CT molecular complexity index is 475. The van der Waals surface area contributed by atoms with Crippen LogP contribution in [0.2, 0.25) is 0 Å². The summed E-state index contributed by atoms with van der Waals surface area (Å²) in [6.45, 7) is 2.41. The Kier molecular flexibility index (Phi) is 4.21. The largest absolute Gasteiger partial charge is 0.478 e. The second-order valence-corrected chi connectivity index (χ2v) is 4.72.